The van der Waals surface area contributed by atoms with E-state index in [0.717, 1.165) is 24.8 Å². The molecule has 2 nitrogen and oxygen atoms in total. The molecule has 12 heavy (non-hydrogen) atoms. The van der Waals surface area contributed by atoms with E-state index in [4.69, 9.17) is 0 Å². The summed E-state index contributed by atoms with van der Waals surface area (Å²) in [5, 5.41) is 13.2. The molecular formula is C9H21NOS. The average Bonchev–Trinajstić information content (AvgIpc) is 2.11. The quantitative estimate of drug-likeness (QED) is 0.598. The fourth-order valence-corrected chi connectivity index (χ4v) is 1.19. The predicted molar refractivity (Wildman–Crippen MR) is 56.8 cm³/mol. The van der Waals surface area contributed by atoms with Gasteiger partial charge < -0.3 is 10.4 Å². The average molecular weight is 191 g/mol. The smallest absolute Gasteiger partial charge is 0.0662 e. The van der Waals surface area contributed by atoms with Gasteiger partial charge in [0.2, 0.25) is 0 Å². The van der Waals surface area contributed by atoms with E-state index in [9.17, 15) is 5.11 Å². The highest BCUT2D eigenvalue weighted by molar-refractivity contribution is 7.99. The zero-order valence-corrected chi connectivity index (χ0v) is 9.16. The molecule has 0 rings (SSSR count). The minimum Gasteiger partial charge on any atom is -0.392 e. The third kappa shape index (κ3) is 6.95. The molecule has 2 unspecified atom stereocenters. The fourth-order valence-electron chi connectivity index (χ4n) is 0.836. The highest BCUT2D eigenvalue weighted by Gasteiger charge is 2.01. The van der Waals surface area contributed by atoms with Crippen LogP contribution < -0.4 is 5.32 Å². The molecule has 0 saturated carbocycles. The lowest BCUT2D eigenvalue weighted by Gasteiger charge is -2.11. The summed E-state index contributed by atoms with van der Waals surface area (Å²) >= 11 is 1.89. The van der Waals surface area contributed by atoms with Crippen molar-refractivity contribution < 1.29 is 5.11 Å². The maximum Gasteiger partial charge on any atom is 0.0662 e. The molecule has 2 atom stereocenters. The number of hydrogen-bond acceptors (Lipinski definition) is 3. The topological polar surface area (TPSA) is 32.3 Å². The van der Waals surface area contributed by atoms with Crippen molar-refractivity contribution in [1.82, 2.24) is 5.32 Å². The minimum absolute atomic E-state index is 0.172. The zero-order chi connectivity index (χ0) is 9.40. The van der Waals surface area contributed by atoms with E-state index in [1.807, 2.05) is 18.7 Å². The number of nitrogens with one attached hydrogen (secondary N) is 1. The van der Waals surface area contributed by atoms with Crippen LogP contribution in [0.3, 0.4) is 0 Å². The Hall–Kier alpha value is 0.270. The molecule has 0 saturated heterocycles. The van der Waals surface area contributed by atoms with Gasteiger partial charge in [-0.05, 0) is 25.6 Å². The maximum atomic E-state index is 9.21. The third-order valence-corrected chi connectivity index (χ3v) is 3.02. The fraction of sp³-hybridized carbons (Fsp3) is 1.00. The molecule has 0 aliphatic heterocycles. The second-order valence-electron chi connectivity index (χ2n) is 3.10. The highest BCUT2D eigenvalue weighted by atomic mass is 32.2. The van der Waals surface area contributed by atoms with Crippen LogP contribution in [0.1, 0.15) is 26.7 Å². The standard InChI is InChI=1S/C9H21NOS/c1-4-9(11)7-10-6-5-8(2)12-3/h8-11H,4-7H2,1-3H3. The summed E-state index contributed by atoms with van der Waals surface area (Å²) in [5.74, 6) is 0. The molecule has 3 heteroatoms. The molecule has 0 bridgehead atoms. The molecule has 0 aromatic carbocycles. The van der Waals surface area contributed by atoms with Gasteiger partial charge in [0.1, 0.15) is 0 Å². The lowest BCUT2D eigenvalue weighted by molar-refractivity contribution is 0.167. The molecule has 0 radical (unpaired) electrons. The molecular weight excluding hydrogens is 170 g/mol. The molecule has 0 amide bonds. The van der Waals surface area contributed by atoms with Gasteiger partial charge in [-0.15, -0.1) is 0 Å². The molecule has 0 spiro atoms. The van der Waals surface area contributed by atoms with Crippen LogP contribution in [0, 0.1) is 0 Å². The van der Waals surface area contributed by atoms with Crippen LogP contribution >= 0.6 is 11.8 Å². The Morgan fingerprint density at radius 1 is 1.50 bits per heavy atom. The Kier molecular flexibility index (Phi) is 8.07. The van der Waals surface area contributed by atoms with Crippen LogP contribution in [0.25, 0.3) is 0 Å². The molecule has 0 aliphatic rings. The van der Waals surface area contributed by atoms with Crippen LogP contribution in [0.15, 0.2) is 0 Å². The van der Waals surface area contributed by atoms with Gasteiger partial charge in [0, 0.05) is 11.8 Å². The summed E-state index contributed by atoms with van der Waals surface area (Å²) in [6.07, 6.45) is 3.98. The summed E-state index contributed by atoms with van der Waals surface area (Å²) in [6.45, 7) is 5.97. The number of aliphatic hydroxyl groups is 1. The van der Waals surface area contributed by atoms with Crippen molar-refractivity contribution in [2.24, 2.45) is 0 Å². The van der Waals surface area contributed by atoms with E-state index < -0.39 is 0 Å². The number of aliphatic hydroxyl groups excluding tert-OH is 1. The van der Waals surface area contributed by atoms with E-state index >= 15 is 0 Å². The van der Waals surface area contributed by atoms with Gasteiger partial charge in [-0.3, -0.25) is 0 Å². The zero-order valence-electron chi connectivity index (χ0n) is 8.34. The molecule has 0 aromatic rings. The van der Waals surface area contributed by atoms with Crippen LogP contribution in [0.4, 0.5) is 0 Å². The summed E-state index contributed by atoms with van der Waals surface area (Å²) in [6, 6.07) is 0. The monoisotopic (exact) mass is 191 g/mol. The normalized spacial score (nSPS) is 16.0. The molecule has 0 aliphatic carbocycles. The van der Waals surface area contributed by atoms with Gasteiger partial charge in [-0.1, -0.05) is 13.8 Å². The predicted octanol–water partition coefficient (Wildman–Crippen LogP) is 1.49. The van der Waals surface area contributed by atoms with E-state index in [0.29, 0.717) is 0 Å². The Bertz CT molecular complexity index is 88.5. The molecule has 0 heterocycles. The van der Waals surface area contributed by atoms with Gasteiger partial charge >= 0.3 is 0 Å². The first-order valence-corrected chi connectivity index (χ1v) is 5.91. The van der Waals surface area contributed by atoms with E-state index in [1.165, 1.54) is 6.42 Å². The van der Waals surface area contributed by atoms with Crippen LogP contribution in [-0.2, 0) is 0 Å². The van der Waals surface area contributed by atoms with Crippen LogP contribution in [0.5, 0.6) is 0 Å². The van der Waals surface area contributed by atoms with Crippen molar-refractivity contribution >= 4 is 11.8 Å². The lowest BCUT2D eigenvalue weighted by atomic mass is 10.2. The Balaban J connectivity index is 3.10. The van der Waals surface area contributed by atoms with Gasteiger partial charge in [-0.25, -0.2) is 0 Å². The maximum absolute atomic E-state index is 9.21. The van der Waals surface area contributed by atoms with Crippen molar-refractivity contribution in [3.63, 3.8) is 0 Å². The molecule has 0 fully saturated rings. The van der Waals surface area contributed by atoms with Crippen LogP contribution in [0.2, 0.25) is 0 Å². The van der Waals surface area contributed by atoms with Gasteiger partial charge in [0.15, 0.2) is 0 Å². The van der Waals surface area contributed by atoms with Crippen LogP contribution in [-0.4, -0.2) is 35.8 Å². The van der Waals surface area contributed by atoms with E-state index in [1.54, 1.807) is 0 Å². The molecule has 2 N–H and O–H groups in total. The Morgan fingerprint density at radius 3 is 2.67 bits per heavy atom. The summed E-state index contributed by atoms with van der Waals surface area (Å²) in [7, 11) is 0. The number of thioether (sulfide) groups is 1. The van der Waals surface area contributed by atoms with Crippen molar-refractivity contribution in [2.45, 2.75) is 38.0 Å². The number of hydrogen-bond donors (Lipinski definition) is 2. The van der Waals surface area contributed by atoms with Gasteiger partial charge in [0.05, 0.1) is 6.10 Å². The first-order valence-electron chi connectivity index (χ1n) is 4.62. The first-order chi connectivity index (χ1) is 5.70. The largest absolute Gasteiger partial charge is 0.392 e. The lowest BCUT2D eigenvalue weighted by Crippen LogP contribution is -2.28. The Labute approximate surface area is 80.1 Å². The van der Waals surface area contributed by atoms with Crippen molar-refractivity contribution in [2.75, 3.05) is 19.3 Å². The SMILES string of the molecule is CCC(O)CNCCC(C)SC. The molecule has 0 aromatic heterocycles. The van der Waals surface area contributed by atoms with Gasteiger partial charge in [-0.2, -0.15) is 11.8 Å². The first kappa shape index (κ1) is 12.3. The van der Waals surface area contributed by atoms with Crippen molar-refractivity contribution in [1.29, 1.82) is 0 Å². The van der Waals surface area contributed by atoms with E-state index in [-0.39, 0.29) is 6.10 Å². The highest BCUT2D eigenvalue weighted by Crippen LogP contribution is 2.07. The summed E-state index contributed by atoms with van der Waals surface area (Å²) in [5.41, 5.74) is 0. The second kappa shape index (κ2) is 7.90. The number of rotatable bonds is 7. The second-order valence-corrected chi connectivity index (χ2v) is 4.38. The van der Waals surface area contributed by atoms with Crippen molar-refractivity contribution in [3.05, 3.63) is 0 Å². The van der Waals surface area contributed by atoms with Crippen molar-refractivity contribution in [3.8, 4) is 0 Å². The molecule has 74 valence electrons. The summed E-state index contributed by atoms with van der Waals surface area (Å²) < 4.78 is 0. The third-order valence-electron chi connectivity index (χ3n) is 1.98. The van der Waals surface area contributed by atoms with E-state index in [2.05, 4.69) is 18.5 Å². The Morgan fingerprint density at radius 2 is 2.17 bits per heavy atom. The summed E-state index contributed by atoms with van der Waals surface area (Å²) in [4.78, 5) is 0. The minimum atomic E-state index is -0.172. The van der Waals surface area contributed by atoms with Gasteiger partial charge in [0.25, 0.3) is 0 Å².